The summed E-state index contributed by atoms with van der Waals surface area (Å²) in [5.41, 5.74) is 1.80. The van der Waals surface area contributed by atoms with E-state index in [2.05, 4.69) is 20.3 Å². The fourth-order valence-corrected chi connectivity index (χ4v) is 6.25. The molecule has 12 heteroatoms. The van der Waals surface area contributed by atoms with E-state index in [1.807, 2.05) is 35.9 Å². The highest BCUT2D eigenvalue weighted by molar-refractivity contribution is 7.91. The van der Waals surface area contributed by atoms with E-state index >= 15 is 8.78 Å². The Balaban J connectivity index is 1.46. The van der Waals surface area contributed by atoms with Crippen LogP contribution in [0.2, 0.25) is 0 Å². The smallest absolute Gasteiger partial charge is 0.278 e. The number of aryl methyl sites for hydroxylation is 1. The number of sulfone groups is 1. The topological polar surface area (TPSA) is 101 Å². The van der Waals surface area contributed by atoms with Crippen LogP contribution in [-0.2, 0) is 15.8 Å². The van der Waals surface area contributed by atoms with Crippen molar-refractivity contribution in [3.63, 3.8) is 0 Å². The number of anilines is 2. The summed E-state index contributed by atoms with van der Waals surface area (Å²) in [7, 11) is 0.289. The third-order valence-corrected chi connectivity index (χ3v) is 8.93. The van der Waals surface area contributed by atoms with Crippen LogP contribution in [0.4, 0.5) is 20.3 Å². The van der Waals surface area contributed by atoms with Gasteiger partial charge < -0.3 is 19.9 Å². The molecule has 4 heterocycles. The van der Waals surface area contributed by atoms with E-state index in [1.165, 1.54) is 13.2 Å². The number of aromatic nitrogens is 3. The van der Waals surface area contributed by atoms with Crippen LogP contribution in [-0.4, -0.2) is 80.1 Å². The number of pyridine rings is 1. The molecule has 0 spiro atoms. The summed E-state index contributed by atoms with van der Waals surface area (Å²) in [5, 5.41) is 4.00. The van der Waals surface area contributed by atoms with E-state index in [4.69, 9.17) is 4.74 Å². The van der Waals surface area contributed by atoms with Crippen molar-refractivity contribution in [2.45, 2.75) is 25.8 Å². The predicted molar refractivity (Wildman–Crippen MR) is 143 cm³/mol. The van der Waals surface area contributed by atoms with Crippen molar-refractivity contribution in [2.75, 3.05) is 62.1 Å². The average molecular weight is 547 g/mol. The number of nitrogens with zero attached hydrogens (tertiary/aromatic N) is 5. The van der Waals surface area contributed by atoms with E-state index in [1.54, 1.807) is 19.1 Å². The molecule has 2 aromatic heterocycles. The van der Waals surface area contributed by atoms with Crippen LogP contribution in [0.5, 0.6) is 5.88 Å². The number of nitrogens with one attached hydrogen (secondary N) is 1. The summed E-state index contributed by atoms with van der Waals surface area (Å²) < 4.78 is 59.6. The van der Waals surface area contributed by atoms with E-state index < -0.39 is 21.7 Å². The molecule has 5 rings (SSSR count). The van der Waals surface area contributed by atoms with E-state index in [0.717, 1.165) is 0 Å². The van der Waals surface area contributed by atoms with Gasteiger partial charge in [-0.1, -0.05) is 18.2 Å². The van der Waals surface area contributed by atoms with Crippen LogP contribution < -0.4 is 15.0 Å². The van der Waals surface area contributed by atoms with Gasteiger partial charge >= 0.3 is 0 Å². The predicted octanol–water partition coefficient (Wildman–Crippen LogP) is 3.40. The van der Waals surface area contributed by atoms with Crippen LogP contribution >= 0.6 is 0 Å². The van der Waals surface area contributed by atoms with Crippen LogP contribution in [0.15, 0.2) is 30.3 Å². The Hall–Kier alpha value is -3.12. The number of hydrogen-bond acceptors (Lipinski definition) is 9. The van der Waals surface area contributed by atoms with Crippen molar-refractivity contribution in [2.24, 2.45) is 5.92 Å². The Labute approximate surface area is 221 Å². The summed E-state index contributed by atoms with van der Waals surface area (Å²) in [6, 6.07) is 8.05. The molecule has 2 fully saturated rings. The quantitative estimate of drug-likeness (QED) is 0.478. The zero-order valence-corrected chi connectivity index (χ0v) is 22.7. The molecule has 1 aromatic carbocycles. The van der Waals surface area contributed by atoms with Gasteiger partial charge in [-0.25, -0.2) is 27.2 Å². The minimum atomic E-state index is -3.06. The number of methoxy groups -OCH3 is 1. The number of benzene rings is 1. The lowest BCUT2D eigenvalue weighted by molar-refractivity contribution is -0.118. The first kappa shape index (κ1) is 26.5. The molecule has 0 aliphatic carbocycles. The second-order valence-corrected chi connectivity index (χ2v) is 12.5. The van der Waals surface area contributed by atoms with E-state index in [0.29, 0.717) is 66.0 Å². The monoisotopic (exact) mass is 546 g/mol. The van der Waals surface area contributed by atoms with Gasteiger partial charge in [0.05, 0.1) is 29.9 Å². The van der Waals surface area contributed by atoms with Crippen LogP contribution in [0.3, 0.4) is 0 Å². The summed E-state index contributed by atoms with van der Waals surface area (Å²) in [6.07, 6.45) is 0. The second-order valence-electron chi connectivity index (χ2n) is 10.2. The molecule has 1 N–H and O–H groups in total. The molecule has 1 atom stereocenters. The van der Waals surface area contributed by atoms with Gasteiger partial charge in [0.25, 0.3) is 5.92 Å². The van der Waals surface area contributed by atoms with Gasteiger partial charge in [0.15, 0.2) is 15.5 Å². The number of ether oxygens (including phenoxy) is 1. The Morgan fingerprint density at radius 2 is 1.84 bits per heavy atom. The molecule has 0 unspecified atom stereocenters. The first-order valence-corrected chi connectivity index (χ1v) is 14.4. The molecule has 9 nitrogen and oxygen atoms in total. The first-order valence-electron chi connectivity index (χ1n) is 12.6. The minimum Gasteiger partial charge on any atom is -0.479 e. The second kappa shape index (κ2) is 9.88. The molecule has 0 saturated carbocycles. The maximum absolute atomic E-state index is 15.1. The highest BCUT2D eigenvalue weighted by Gasteiger charge is 2.46. The number of alkyl halides is 2. The van der Waals surface area contributed by atoms with Gasteiger partial charge in [-0.05, 0) is 38.6 Å². The summed E-state index contributed by atoms with van der Waals surface area (Å²) in [6.45, 7) is 5.05. The fourth-order valence-electron chi connectivity index (χ4n) is 5.04. The van der Waals surface area contributed by atoms with Crippen molar-refractivity contribution in [1.29, 1.82) is 0 Å². The molecular formula is C26H32F2N6O3S. The zero-order chi connectivity index (χ0) is 27.2. The number of fused-ring (bicyclic) bond motifs is 1. The molecule has 2 aliphatic heterocycles. The highest BCUT2D eigenvalue weighted by atomic mass is 32.2. The normalized spacial score (nSPS) is 19.3. The number of halogens is 2. The largest absolute Gasteiger partial charge is 0.479 e. The van der Waals surface area contributed by atoms with Gasteiger partial charge in [0.2, 0.25) is 5.88 Å². The van der Waals surface area contributed by atoms with Crippen molar-refractivity contribution in [1.82, 2.24) is 19.9 Å². The maximum atomic E-state index is 15.1. The average Bonchev–Trinajstić information content (AvgIpc) is 2.86. The lowest BCUT2D eigenvalue weighted by Crippen LogP contribution is -2.51. The molecule has 0 amide bonds. The summed E-state index contributed by atoms with van der Waals surface area (Å²) >= 11 is 0. The fraction of sp³-hybridized carbons (Fsp3) is 0.500. The third-order valence-electron chi connectivity index (χ3n) is 7.32. The maximum Gasteiger partial charge on any atom is 0.278 e. The molecule has 3 aromatic rings. The van der Waals surface area contributed by atoms with Gasteiger partial charge in [-0.2, -0.15) is 4.98 Å². The van der Waals surface area contributed by atoms with Gasteiger partial charge in [0.1, 0.15) is 17.3 Å². The van der Waals surface area contributed by atoms with Crippen molar-refractivity contribution in [3.05, 3.63) is 47.3 Å². The molecule has 38 heavy (non-hydrogen) atoms. The summed E-state index contributed by atoms with van der Waals surface area (Å²) in [4.78, 5) is 17.5. The Morgan fingerprint density at radius 3 is 2.50 bits per heavy atom. The Morgan fingerprint density at radius 1 is 1.13 bits per heavy atom. The van der Waals surface area contributed by atoms with Crippen LogP contribution in [0.1, 0.15) is 29.9 Å². The van der Waals surface area contributed by atoms with Gasteiger partial charge in [-0.3, -0.25) is 0 Å². The highest BCUT2D eigenvalue weighted by Crippen LogP contribution is 2.41. The Kier molecular flexibility index (Phi) is 6.89. The van der Waals surface area contributed by atoms with E-state index in [9.17, 15) is 8.42 Å². The lowest BCUT2D eigenvalue weighted by Gasteiger charge is -2.41. The van der Waals surface area contributed by atoms with Crippen LogP contribution in [0, 0.1) is 12.8 Å². The van der Waals surface area contributed by atoms with E-state index in [-0.39, 0.29) is 23.1 Å². The third kappa shape index (κ3) is 5.11. The molecule has 2 aliphatic rings. The molecule has 0 bridgehead atoms. The van der Waals surface area contributed by atoms with Gasteiger partial charge in [-0.15, -0.1) is 0 Å². The summed E-state index contributed by atoms with van der Waals surface area (Å²) in [5.74, 6) is -2.13. The van der Waals surface area contributed by atoms with Crippen molar-refractivity contribution < 1.29 is 21.9 Å². The van der Waals surface area contributed by atoms with Crippen molar-refractivity contribution >= 4 is 32.4 Å². The minimum absolute atomic E-state index is 0.0132. The molecule has 0 radical (unpaired) electrons. The molecule has 2 saturated heterocycles. The SMILES string of the molecule is COc1nc2nc(C)nc(N[C@H](C)c3cccc(C(F)(F)C4CN(C)C4)c3)c2cc1N1CCS(=O)(=O)CC1. The zero-order valence-electron chi connectivity index (χ0n) is 21.9. The number of rotatable bonds is 7. The first-order chi connectivity index (χ1) is 18.0. The van der Waals surface area contributed by atoms with Crippen LogP contribution in [0.25, 0.3) is 11.0 Å². The molecular weight excluding hydrogens is 514 g/mol. The standard InChI is InChI=1S/C26H32F2N6O3S/c1-16(18-6-5-7-19(12-18)26(27,28)20-14-33(3)15-20)29-23-21-13-22(34-8-10-38(35,36)11-9-34)25(37-4)32-24(21)31-17(2)30-23/h5-7,12-13,16,20H,8-11,14-15H2,1-4H3,(H,29,30,31,32)/t16-/m1/s1. The Bertz CT molecular complexity index is 1450. The van der Waals surface area contributed by atoms with Gasteiger partial charge in [0, 0.05) is 37.8 Å². The lowest BCUT2D eigenvalue weighted by atomic mass is 9.87. The number of likely N-dealkylation sites (tertiary alicyclic amines) is 1. The number of hydrogen-bond donors (Lipinski definition) is 1. The molecule has 204 valence electrons. The van der Waals surface area contributed by atoms with Crippen molar-refractivity contribution in [3.8, 4) is 5.88 Å².